The molecule has 5 nitrogen and oxygen atoms in total. The topological polar surface area (TPSA) is 82.0 Å². The molecule has 1 aliphatic heterocycles. The summed E-state index contributed by atoms with van der Waals surface area (Å²) in [6.07, 6.45) is -0.842. The summed E-state index contributed by atoms with van der Waals surface area (Å²) in [4.78, 5) is 0. The van der Waals surface area contributed by atoms with Crippen LogP contribution in [0.4, 0.5) is 0 Å². The average Bonchev–Trinajstić information content (AvgIpc) is 2.54. The van der Waals surface area contributed by atoms with Gasteiger partial charge in [0, 0.05) is 12.6 Å². The Bertz CT molecular complexity index is 202. The Kier molecular flexibility index (Phi) is 5.64. The van der Waals surface area contributed by atoms with E-state index >= 15 is 0 Å². The van der Waals surface area contributed by atoms with Crippen LogP contribution in [-0.2, 0) is 4.74 Å². The second-order valence-corrected chi connectivity index (χ2v) is 4.47. The minimum absolute atomic E-state index is 0.265. The zero-order chi connectivity index (χ0) is 12.1. The molecule has 0 aromatic carbocycles. The first-order chi connectivity index (χ1) is 7.60. The van der Waals surface area contributed by atoms with Gasteiger partial charge >= 0.3 is 0 Å². The third-order valence-electron chi connectivity index (χ3n) is 3.03. The van der Waals surface area contributed by atoms with Crippen molar-refractivity contribution in [3.05, 3.63) is 0 Å². The minimum atomic E-state index is -0.988. The number of hydrogen-bond donors (Lipinski definition) is 4. The van der Waals surface area contributed by atoms with Crippen LogP contribution in [0.25, 0.3) is 0 Å². The Morgan fingerprint density at radius 2 is 1.88 bits per heavy atom. The van der Waals surface area contributed by atoms with E-state index in [-0.39, 0.29) is 6.61 Å². The van der Waals surface area contributed by atoms with Crippen molar-refractivity contribution >= 4 is 0 Å². The molecule has 0 saturated carbocycles. The highest BCUT2D eigenvalue weighted by molar-refractivity contribution is 4.91. The predicted octanol–water partition coefficient (Wildman–Crippen LogP) is -0.754. The first-order valence-electron chi connectivity index (χ1n) is 5.96. The van der Waals surface area contributed by atoms with Gasteiger partial charge in [0.2, 0.25) is 0 Å². The average molecular weight is 233 g/mol. The zero-order valence-electron chi connectivity index (χ0n) is 9.97. The lowest BCUT2D eigenvalue weighted by Gasteiger charge is -2.19. The van der Waals surface area contributed by atoms with Crippen LogP contribution in [0.2, 0.25) is 0 Å². The molecule has 1 heterocycles. The van der Waals surface area contributed by atoms with E-state index in [9.17, 15) is 10.2 Å². The molecule has 96 valence electrons. The number of rotatable bonds is 6. The second-order valence-electron chi connectivity index (χ2n) is 4.47. The molecule has 1 rings (SSSR count). The monoisotopic (exact) mass is 233 g/mol. The molecule has 0 aromatic heterocycles. The Hall–Kier alpha value is -0.200. The molecule has 1 aliphatic rings. The highest BCUT2D eigenvalue weighted by Crippen LogP contribution is 2.20. The third-order valence-corrected chi connectivity index (χ3v) is 3.03. The number of ether oxygens (including phenoxy) is 1. The molecule has 1 fully saturated rings. The predicted molar refractivity (Wildman–Crippen MR) is 60.1 cm³/mol. The van der Waals surface area contributed by atoms with Crippen LogP contribution in [0.5, 0.6) is 0 Å². The van der Waals surface area contributed by atoms with Crippen molar-refractivity contribution in [2.45, 2.75) is 57.1 Å². The van der Waals surface area contributed by atoms with Gasteiger partial charge in [-0.15, -0.1) is 0 Å². The van der Waals surface area contributed by atoms with Crippen LogP contribution < -0.4 is 5.32 Å². The lowest BCUT2D eigenvalue weighted by molar-refractivity contribution is -0.0218. The molecule has 5 atom stereocenters. The molecule has 0 spiro atoms. The van der Waals surface area contributed by atoms with Crippen LogP contribution >= 0.6 is 0 Å². The van der Waals surface area contributed by atoms with Crippen molar-refractivity contribution in [3.8, 4) is 0 Å². The number of aliphatic hydroxyl groups is 3. The maximum atomic E-state index is 9.68. The summed E-state index contributed by atoms with van der Waals surface area (Å²) < 4.78 is 5.35. The Morgan fingerprint density at radius 1 is 1.25 bits per heavy atom. The fraction of sp³-hybridized carbons (Fsp3) is 1.00. The summed E-state index contributed by atoms with van der Waals surface area (Å²) in [6, 6.07) is 0.367. The molecule has 0 bridgehead atoms. The van der Waals surface area contributed by atoms with Gasteiger partial charge in [0.15, 0.2) is 0 Å². The minimum Gasteiger partial charge on any atom is -0.394 e. The van der Waals surface area contributed by atoms with E-state index in [1.54, 1.807) is 0 Å². The summed E-state index contributed by atoms with van der Waals surface area (Å²) in [5.41, 5.74) is 0. The standard InChI is InChI=1S/C11H23NO4/c1-3-4-7(2)12-5-8-10(14)11(15)9(6-13)16-8/h7-15H,3-6H2,1-2H3/t7?,8-,9-,10-,11-/m1/s1. The van der Waals surface area contributed by atoms with Crippen LogP contribution in [0.1, 0.15) is 26.7 Å². The van der Waals surface area contributed by atoms with E-state index < -0.39 is 24.4 Å². The van der Waals surface area contributed by atoms with E-state index in [1.807, 2.05) is 0 Å². The Labute approximate surface area is 96.4 Å². The summed E-state index contributed by atoms with van der Waals surface area (Å²) in [6.45, 7) is 4.42. The fourth-order valence-electron chi connectivity index (χ4n) is 2.00. The molecule has 0 aromatic rings. The molecular weight excluding hydrogens is 210 g/mol. The summed E-state index contributed by atoms with van der Waals surface area (Å²) in [7, 11) is 0. The molecule has 16 heavy (non-hydrogen) atoms. The highest BCUT2D eigenvalue weighted by Gasteiger charge is 2.41. The van der Waals surface area contributed by atoms with Crippen molar-refractivity contribution in [2.24, 2.45) is 0 Å². The van der Waals surface area contributed by atoms with Crippen LogP contribution in [0.15, 0.2) is 0 Å². The van der Waals surface area contributed by atoms with Gasteiger partial charge in [-0.05, 0) is 13.3 Å². The number of aliphatic hydroxyl groups excluding tert-OH is 3. The molecule has 1 unspecified atom stereocenters. The van der Waals surface area contributed by atoms with Gasteiger partial charge in [-0.25, -0.2) is 0 Å². The lowest BCUT2D eigenvalue weighted by Crippen LogP contribution is -2.40. The van der Waals surface area contributed by atoms with Gasteiger partial charge in [0.05, 0.1) is 12.7 Å². The molecule has 0 radical (unpaired) electrons. The van der Waals surface area contributed by atoms with Crippen molar-refractivity contribution in [1.29, 1.82) is 0 Å². The van der Waals surface area contributed by atoms with E-state index in [1.165, 1.54) is 0 Å². The summed E-state index contributed by atoms with van der Waals surface area (Å²) in [5, 5.41) is 31.4. The second kappa shape index (κ2) is 6.51. The molecular formula is C11H23NO4. The van der Waals surface area contributed by atoms with Crippen molar-refractivity contribution < 1.29 is 20.1 Å². The quantitative estimate of drug-likeness (QED) is 0.485. The highest BCUT2D eigenvalue weighted by atomic mass is 16.6. The first kappa shape index (κ1) is 13.9. The Balaban J connectivity index is 2.32. The van der Waals surface area contributed by atoms with Crippen molar-refractivity contribution in [1.82, 2.24) is 5.32 Å². The largest absolute Gasteiger partial charge is 0.394 e. The van der Waals surface area contributed by atoms with Crippen LogP contribution in [0, 0.1) is 0 Å². The lowest BCUT2D eigenvalue weighted by atomic mass is 10.1. The van der Waals surface area contributed by atoms with E-state index in [0.717, 1.165) is 12.8 Å². The van der Waals surface area contributed by atoms with Crippen LogP contribution in [0.3, 0.4) is 0 Å². The van der Waals surface area contributed by atoms with Crippen LogP contribution in [-0.4, -0.2) is 58.9 Å². The van der Waals surface area contributed by atoms with Gasteiger partial charge < -0.3 is 25.4 Å². The summed E-state index contributed by atoms with van der Waals surface area (Å²) >= 11 is 0. The maximum absolute atomic E-state index is 9.68. The SMILES string of the molecule is CCCC(C)NC[C@H]1O[C@H](CO)[C@@H](O)[C@@H]1O. The molecule has 1 saturated heterocycles. The normalized spacial score (nSPS) is 36.6. The molecule has 0 amide bonds. The van der Waals surface area contributed by atoms with Gasteiger partial charge in [-0.1, -0.05) is 13.3 Å². The zero-order valence-corrected chi connectivity index (χ0v) is 9.97. The molecule has 0 aliphatic carbocycles. The van der Waals surface area contributed by atoms with Crippen molar-refractivity contribution in [3.63, 3.8) is 0 Å². The molecule has 5 heteroatoms. The van der Waals surface area contributed by atoms with Gasteiger partial charge in [0.25, 0.3) is 0 Å². The van der Waals surface area contributed by atoms with E-state index in [0.29, 0.717) is 12.6 Å². The maximum Gasteiger partial charge on any atom is 0.111 e. The van der Waals surface area contributed by atoms with E-state index in [2.05, 4.69) is 19.2 Å². The number of nitrogens with one attached hydrogen (secondary N) is 1. The molecule has 4 N–H and O–H groups in total. The first-order valence-corrected chi connectivity index (χ1v) is 5.96. The summed E-state index contributed by atoms with van der Waals surface area (Å²) in [5.74, 6) is 0. The van der Waals surface area contributed by atoms with Crippen molar-refractivity contribution in [2.75, 3.05) is 13.2 Å². The van der Waals surface area contributed by atoms with Gasteiger partial charge in [-0.2, -0.15) is 0 Å². The Morgan fingerprint density at radius 3 is 2.38 bits per heavy atom. The van der Waals surface area contributed by atoms with E-state index in [4.69, 9.17) is 9.84 Å². The third kappa shape index (κ3) is 3.40. The van der Waals surface area contributed by atoms with Gasteiger partial charge in [-0.3, -0.25) is 0 Å². The van der Waals surface area contributed by atoms with Gasteiger partial charge in [0.1, 0.15) is 18.3 Å². The fourth-order valence-corrected chi connectivity index (χ4v) is 2.00. The number of hydrogen-bond acceptors (Lipinski definition) is 5. The smallest absolute Gasteiger partial charge is 0.111 e.